The third kappa shape index (κ3) is 6.34. The van der Waals surface area contributed by atoms with Gasteiger partial charge in [-0.25, -0.2) is 15.0 Å². The van der Waals surface area contributed by atoms with Crippen molar-refractivity contribution in [1.29, 1.82) is 0 Å². The zero-order chi connectivity index (χ0) is 30.8. The average Bonchev–Trinajstić information content (AvgIpc) is 3.13. The minimum atomic E-state index is -5.76. The van der Waals surface area contributed by atoms with E-state index < -0.39 is 93.9 Å². The molecule has 1 aliphatic rings. The fourth-order valence-corrected chi connectivity index (χ4v) is 3.46. The molecule has 0 aliphatic carbocycles. The second-order valence-electron chi connectivity index (χ2n) is 7.97. The van der Waals surface area contributed by atoms with Crippen molar-refractivity contribution in [2.45, 2.75) is 43.2 Å². The second-order valence-corrected chi connectivity index (χ2v) is 7.97. The molecule has 3 unspecified atom stereocenters. The number of aromatic nitrogens is 2. The maximum absolute atomic E-state index is 13.7. The Labute approximate surface area is 210 Å². The molecule has 0 saturated heterocycles. The van der Waals surface area contributed by atoms with Gasteiger partial charge in [-0.15, -0.1) is 0 Å². The summed E-state index contributed by atoms with van der Waals surface area (Å²) >= 11 is 0. The molecule has 0 aromatic carbocycles. The molecule has 2 aromatic heterocycles. The molecule has 3 heterocycles. The first-order valence-electron chi connectivity index (χ1n) is 9.95. The lowest BCUT2D eigenvalue weighted by Gasteiger charge is -2.28. The summed E-state index contributed by atoms with van der Waals surface area (Å²) < 4.78 is 198. The number of nitrogens with zero attached hydrogens (tertiary/aromatic N) is 4. The van der Waals surface area contributed by atoms with Gasteiger partial charge >= 0.3 is 30.9 Å². The fourth-order valence-electron chi connectivity index (χ4n) is 3.46. The minimum Gasteiger partial charge on any atom is -0.388 e. The van der Waals surface area contributed by atoms with Gasteiger partial charge in [-0.05, 0) is 29.8 Å². The first kappa shape index (κ1) is 31.2. The number of anilines is 1. The molecule has 6 nitrogen and oxygen atoms in total. The summed E-state index contributed by atoms with van der Waals surface area (Å²) in [6.45, 7) is 0. The van der Waals surface area contributed by atoms with Crippen molar-refractivity contribution in [3.63, 3.8) is 0 Å². The van der Waals surface area contributed by atoms with Gasteiger partial charge in [0.05, 0.1) is 17.7 Å². The number of hydrazone groups is 1. The summed E-state index contributed by atoms with van der Waals surface area (Å²) in [5.41, 5.74) is -14.7. The molecule has 2 aromatic rings. The molecule has 40 heavy (non-hydrogen) atoms. The fraction of sp³-hybridized carbons (Fsp3) is 0.421. The molecular formula is C19H9F15N4O2. The molecule has 0 spiro atoms. The summed E-state index contributed by atoms with van der Waals surface area (Å²) in [5, 5.41) is 23.1. The normalized spacial score (nSPS) is 20.1. The van der Waals surface area contributed by atoms with Crippen LogP contribution >= 0.6 is 0 Å². The molecule has 0 bridgehead atoms. The zero-order valence-electron chi connectivity index (χ0n) is 18.4. The summed E-state index contributed by atoms with van der Waals surface area (Å²) in [6.07, 6.45) is -34.4. The number of pyridine rings is 2. The van der Waals surface area contributed by atoms with Crippen LogP contribution in [0.1, 0.15) is 34.4 Å². The average molecular weight is 610 g/mol. The molecular weight excluding hydrogens is 601 g/mol. The first-order valence-corrected chi connectivity index (χ1v) is 9.95. The summed E-state index contributed by atoms with van der Waals surface area (Å²) in [6, 6.07) is -1.11. The van der Waals surface area contributed by atoms with E-state index in [1.165, 1.54) is 0 Å². The van der Waals surface area contributed by atoms with Gasteiger partial charge < -0.3 is 10.2 Å². The number of aliphatic hydroxyl groups excluding tert-OH is 2. The van der Waals surface area contributed by atoms with E-state index in [4.69, 9.17) is 0 Å². The van der Waals surface area contributed by atoms with Crippen LogP contribution in [0.15, 0.2) is 29.4 Å². The maximum atomic E-state index is 13.7. The van der Waals surface area contributed by atoms with Crippen molar-refractivity contribution in [3.8, 4) is 0 Å². The van der Waals surface area contributed by atoms with Gasteiger partial charge in [0.1, 0.15) is 22.8 Å². The quantitative estimate of drug-likeness (QED) is 0.420. The van der Waals surface area contributed by atoms with Crippen LogP contribution in [0.25, 0.3) is 0 Å². The van der Waals surface area contributed by atoms with E-state index in [1.54, 1.807) is 0 Å². The Morgan fingerprint density at radius 1 is 0.600 bits per heavy atom. The van der Waals surface area contributed by atoms with Crippen molar-refractivity contribution in [1.82, 2.24) is 9.97 Å². The summed E-state index contributed by atoms with van der Waals surface area (Å²) in [4.78, 5) is 4.60. The molecule has 0 radical (unpaired) electrons. The van der Waals surface area contributed by atoms with Gasteiger partial charge in [0.2, 0.25) is 0 Å². The lowest BCUT2D eigenvalue weighted by molar-refractivity contribution is -0.151. The topological polar surface area (TPSA) is 81.8 Å². The van der Waals surface area contributed by atoms with E-state index >= 15 is 0 Å². The zero-order valence-corrected chi connectivity index (χ0v) is 18.4. The second kappa shape index (κ2) is 9.63. The van der Waals surface area contributed by atoms with E-state index in [1.807, 2.05) is 0 Å². The molecule has 3 atom stereocenters. The van der Waals surface area contributed by atoms with Crippen molar-refractivity contribution in [2.75, 3.05) is 5.01 Å². The van der Waals surface area contributed by atoms with Gasteiger partial charge in [-0.3, -0.25) is 0 Å². The Hall–Kier alpha value is -3.36. The number of hydrogen-bond acceptors (Lipinski definition) is 6. The monoisotopic (exact) mass is 610 g/mol. The van der Waals surface area contributed by atoms with E-state index in [9.17, 15) is 76.1 Å². The van der Waals surface area contributed by atoms with Gasteiger partial charge in [0.25, 0.3) is 0 Å². The van der Waals surface area contributed by atoms with Crippen LogP contribution < -0.4 is 5.01 Å². The Kier molecular flexibility index (Phi) is 7.50. The van der Waals surface area contributed by atoms with Crippen molar-refractivity contribution in [2.24, 2.45) is 11.0 Å². The number of halogens is 15. The van der Waals surface area contributed by atoms with Gasteiger partial charge in [-0.2, -0.15) is 71.0 Å². The smallest absolute Gasteiger partial charge is 0.388 e. The van der Waals surface area contributed by atoms with Crippen LogP contribution in [-0.4, -0.2) is 38.3 Å². The Morgan fingerprint density at radius 2 is 0.950 bits per heavy atom. The van der Waals surface area contributed by atoms with E-state index in [2.05, 4.69) is 15.1 Å². The standard InChI is InChI=1S/C19H9F15N4O2/c20-15(21,22)7-1-5(2-8(35-7)16(23,24)25)12(39)11-13(19(32,33)34)37-38(14(11)40)6-3-9(17(26,27)28)36-10(4-6)18(29,30)31/h1-4,11-12,14,39-40H. The van der Waals surface area contributed by atoms with Gasteiger partial charge in [-0.1, -0.05) is 0 Å². The van der Waals surface area contributed by atoms with E-state index in [0.717, 1.165) is 0 Å². The first-order chi connectivity index (χ1) is 17.8. The molecule has 0 amide bonds. The number of hydrogen-bond donors (Lipinski definition) is 2. The molecule has 0 fully saturated rings. The number of rotatable bonds is 3. The molecule has 21 heteroatoms. The van der Waals surface area contributed by atoms with Gasteiger partial charge in [0.15, 0.2) is 11.9 Å². The van der Waals surface area contributed by atoms with E-state index in [-0.39, 0.29) is 24.3 Å². The summed E-state index contributed by atoms with van der Waals surface area (Å²) in [5.74, 6) is -3.04. The summed E-state index contributed by atoms with van der Waals surface area (Å²) in [7, 11) is 0. The largest absolute Gasteiger partial charge is 0.433 e. The molecule has 0 saturated carbocycles. The highest BCUT2D eigenvalue weighted by Gasteiger charge is 2.54. The highest BCUT2D eigenvalue weighted by Crippen LogP contribution is 2.44. The van der Waals surface area contributed by atoms with Crippen LogP contribution in [-0.2, 0) is 24.7 Å². The van der Waals surface area contributed by atoms with Crippen LogP contribution in [0.3, 0.4) is 0 Å². The predicted molar refractivity (Wildman–Crippen MR) is 98.9 cm³/mol. The van der Waals surface area contributed by atoms with Crippen molar-refractivity contribution < 1.29 is 76.1 Å². The van der Waals surface area contributed by atoms with Crippen LogP contribution in [0.2, 0.25) is 0 Å². The van der Waals surface area contributed by atoms with Gasteiger partial charge in [0, 0.05) is 0 Å². The Balaban J connectivity index is 2.20. The van der Waals surface area contributed by atoms with Crippen molar-refractivity contribution >= 4 is 11.4 Å². The molecule has 1 aliphatic heterocycles. The predicted octanol–water partition coefficient (Wildman–Crippen LogP) is 5.96. The molecule has 2 N–H and O–H groups in total. The Bertz CT molecular complexity index is 1230. The van der Waals surface area contributed by atoms with Crippen LogP contribution in [0.4, 0.5) is 71.5 Å². The SMILES string of the molecule is OC(c1cc(C(F)(F)F)nc(C(F)(F)F)c1)C1C(C(F)(F)F)=NN(c2cc(C(F)(F)F)nc(C(F)(F)F)c2)C1O. The van der Waals surface area contributed by atoms with Crippen LogP contribution in [0, 0.1) is 5.92 Å². The lowest BCUT2D eigenvalue weighted by atomic mass is 9.89. The van der Waals surface area contributed by atoms with Crippen LogP contribution in [0.5, 0.6) is 0 Å². The lowest BCUT2D eigenvalue weighted by Crippen LogP contribution is -2.40. The highest BCUT2D eigenvalue weighted by molar-refractivity contribution is 5.95. The highest BCUT2D eigenvalue weighted by atomic mass is 19.4. The molecule has 3 rings (SSSR count). The maximum Gasteiger partial charge on any atom is 0.433 e. The van der Waals surface area contributed by atoms with E-state index in [0.29, 0.717) is 0 Å². The minimum absolute atomic E-state index is 0.263. The number of aliphatic hydroxyl groups is 2. The molecule has 222 valence electrons. The Morgan fingerprint density at radius 3 is 1.27 bits per heavy atom. The number of alkyl halides is 15. The third-order valence-electron chi connectivity index (χ3n) is 5.16. The van der Waals surface area contributed by atoms with Crippen molar-refractivity contribution in [3.05, 3.63) is 52.6 Å². The third-order valence-corrected chi connectivity index (χ3v) is 5.16.